The average molecular weight is 316 g/mol. The highest BCUT2D eigenvalue weighted by atomic mass is 32.2. The van der Waals surface area contributed by atoms with E-state index in [4.69, 9.17) is 10.5 Å². The lowest BCUT2D eigenvalue weighted by molar-refractivity contribution is 0.0571. The van der Waals surface area contributed by atoms with E-state index in [1.165, 1.54) is 17.3 Å². The van der Waals surface area contributed by atoms with Gasteiger partial charge in [0.1, 0.15) is 5.82 Å². The second-order valence-corrected chi connectivity index (χ2v) is 7.28. The summed E-state index contributed by atoms with van der Waals surface area (Å²) in [5.74, 6) is -0.586. The molecular formula is C14H21FN2O3S. The summed E-state index contributed by atoms with van der Waals surface area (Å²) in [4.78, 5) is 0.109. The van der Waals surface area contributed by atoms with E-state index in [2.05, 4.69) is 0 Å². The smallest absolute Gasteiger partial charge is 0.243 e. The Bertz CT molecular complexity index is 646. The first-order valence-corrected chi connectivity index (χ1v) is 8.31. The maximum absolute atomic E-state index is 13.6. The fourth-order valence-electron chi connectivity index (χ4n) is 2.77. The number of rotatable bonds is 3. The lowest BCUT2D eigenvalue weighted by Crippen LogP contribution is -2.43. The van der Waals surface area contributed by atoms with Crippen LogP contribution in [0.25, 0.3) is 0 Å². The quantitative estimate of drug-likeness (QED) is 0.864. The van der Waals surface area contributed by atoms with Crippen molar-refractivity contribution in [1.29, 1.82) is 0 Å². The number of halogens is 1. The summed E-state index contributed by atoms with van der Waals surface area (Å²) in [6.07, 6.45) is 1.48. The van der Waals surface area contributed by atoms with E-state index in [0.29, 0.717) is 18.7 Å². The summed E-state index contributed by atoms with van der Waals surface area (Å²) >= 11 is 0. The van der Waals surface area contributed by atoms with Gasteiger partial charge in [-0.1, -0.05) is 0 Å². The molecule has 118 valence electrons. The molecule has 2 rings (SSSR count). The molecule has 0 amide bonds. The van der Waals surface area contributed by atoms with Crippen LogP contribution in [0.15, 0.2) is 11.0 Å². The predicted octanol–water partition coefficient (Wildman–Crippen LogP) is 1.82. The first-order valence-electron chi connectivity index (χ1n) is 6.87. The van der Waals surface area contributed by atoms with Crippen molar-refractivity contribution < 1.29 is 17.5 Å². The van der Waals surface area contributed by atoms with Crippen molar-refractivity contribution in [3.63, 3.8) is 0 Å². The number of methoxy groups -OCH3 is 1. The van der Waals surface area contributed by atoms with Gasteiger partial charge in [0.15, 0.2) is 0 Å². The summed E-state index contributed by atoms with van der Waals surface area (Å²) in [5, 5.41) is 0. The van der Waals surface area contributed by atoms with E-state index in [1.54, 1.807) is 14.0 Å². The Hall–Kier alpha value is -1.18. The van der Waals surface area contributed by atoms with E-state index in [1.807, 2.05) is 0 Å². The van der Waals surface area contributed by atoms with Gasteiger partial charge < -0.3 is 10.5 Å². The lowest BCUT2D eigenvalue weighted by atomic mass is 10.1. The molecule has 0 saturated carbocycles. The maximum atomic E-state index is 13.6. The molecule has 1 atom stereocenters. The van der Waals surface area contributed by atoms with Crippen molar-refractivity contribution in [3.05, 3.63) is 23.0 Å². The Morgan fingerprint density at radius 2 is 2.10 bits per heavy atom. The van der Waals surface area contributed by atoms with Crippen LogP contribution in [0, 0.1) is 19.7 Å². The third-order valence-electron chi connectivity index (χ3n) is 3.98. The Kier molecular flexibility index (Phi) is 4.55. The Morgan fingerprint density at radius 1 is 1.43 bits per heavy atom. The molecule has 21 heavy (non-hydrogen) atoms. The monoisotopic (exact) mass is 316 g/mol. The number of hydrogen-bond acceptors (Lipinski definition) is 4. The number of aryl methyl sites for hydroxylation is 1. The number of nitrogens with two attached hydrogens (primary N) is 1. The molecule has 1 aromatic rings. The fourth-order valence-corrected chi connectivity index (χ4v) is 4.73. The minimum absolute atomic E-state index is 0.105. The normalized spacial score (nSPS) is 20.7. The second-order valence-electron chi connectivity index (χ2n) is 5.41. The Morgan fingerprint density at radius 3 is 2.71 bits per heavy atom. The van der Waals surface area contributed by atoms with Gasteiger partial charge in [0.2, 0.25) is 10.0 Å². The highest BCUT2D eigenvalue weighted by Gasteiger charge is 2.33. The van der Waals surface area contributed by atoms with Gasteiger partial charge in [-0.2, -0.15) is 4.31 Å². The zero-order valence-corrected chi connectivity index (χ0v) is 13.3. The summed E-state index contributed by atoms with van der Waals surface area (Å²) in [5.41, 5.74) is 6.18. The summed E-state index contributed by atoms with van der Waals surface area (Å²) in [6.45, 7) is 3.88. The summed E-state index contributed by atoms with van der Waals surface area (Å²) in [6, 6.07) is 1.17. The topological polar surface area (TPSA) is 72.6 Å². The number of nitrogen functional groups attached to an aromatic ring is 1. The minimum atomic E-state index is -3.70. The molecule has 1 saturated heterocycles. The van der Waals surface area contributed by atoms with Gasteiger partial charge in [0, 0.05) is 20.2 Å². The van der Waals surface area contributed by atoms with Gasteiger partial charge in [0.25, 0.3) is 0 Å². The molecule has 1 aromatic carbocycles. The van der Waals surface area contributed by atoms with Gasteiger partial charge in [-0.05, 0) is 43.9 Å². The summed E-state index contributed by atoms with van der Waals surface area (Å²) < 4.78 is 46.0. The molecule has 1 aliphatic heterocycles. The predicted molar refractivity (Wildman–Crippen MR) is 79.1 cm³/mol. The molecule has 1 aliphatic rings. The lowest BCUT2D eigenvalue weighted by Gasteiger charge is -2.32. The van der Waals surface area contributed by atoms with Crippen LogP contribution in [0.1, 0.15) is 24.0 Å². The van der Waals surface area contributed by atoms with Crippen molar-refractivity contribution in [1.82, 2.24) is 4.31 Å². The van der Waals surface area contributed by atoms with E-state index in [0.717, 1.165) is 12.8 Å². The highest BCUT2D eigenvalue weighted by Crippen LogP contribution is 2.31. The molecule has 1 fully saturated rings. The van der Waals surface area contributed by atoms with Crippen LogP contribution in [0.3, 0.4) is 0 Å². The van der Waals surface area contributed by atoms with Gasteiger partial charge in [-0.25, -0.2) is 12.8 Å². The van der Waals surface area contributed by atoms with Crippen molar-refractivity contribution in [2.45, 2.75) is 37.7 Å². The number of nitrogens with zero attached hydrogens (tertiary/aromatic N) is 1. The number of piperidine rings is 1. The minimum Gasteiger partial charge on any atom is -0.396 e. The SMILES string of the molecule is COC1CCCN(S(=O)(=O)c2c(C)cc(F)c(N)c2C)C1. The Balaban J connectivity index is 2.47. The zero-order valence-electron chi connectivity index (χ0n) is 12.5. The molecule has 0 aliphatic carbocycles. The molecule has 0 aromatic heterocycles. The molecule has 7 heteroatoms. The van der Waals surface area contributed by atoms with E-state index >= 15 is 0 Å². The highest BCUT2D eigenvalue weighted by molar-refractivity contribution is 7.89. The molecular weight excluding hydrogens is 295 g/mol. The number of ether oxygens (including phenoxy) is 1. The third kappa shape index (κ3) is 2.90. The summed E-state index contributed by atoms with van der Waals surface area (Å²) in [7, 11) is -2.12. The average Bonchev–Trinajstić information content (AvgIpc) is 2.44. The van der Waals surface area contributed by atoms with E-state index in [9.17, 15) is 12.8 Å². The van der Waals surface area contributed by atoms with Crippen LogP contribution >= 0.6 is 0 Å². The molecule has 1 unspecified atom stereocenters. The fraction of sp³-hybridized carbons (Fsp3) is 0.571. The first-order chi connectivity index (χ1) is 9.78. The standard InChI is InChI=1S/C14H21FN2O3S/c1-9-7-12(15)13(16)10(2)14(9)21(18,19)17-6-4-5-11(8-17)20-3/h7,11H,4-6,8,16H2,1-3H3. The largest absolute Gasteiger partial charge is 0.396 e. The number of benzene rings is 1. The molecule has 0 radical (unpaired) electrons. The van der Waals surface area contributed by atoms with Gasteiger partial charge in [-0.3, -0.25) is 0 Å². The number of sulfonamides is 1. The molecule has 0 bridgehead atoms. The molecule has 1 heterocycles. The van der Waals surface area contributed by atoms with Gasteiger partial charge >= 0.3 is 0 Å². The number of hydrogen-bond donors (Lipinski definition) is 1. The second kappa shape index (κ2) is 5.90. The van der Waals surface area contributed by atoms with Crippen molar-refractivity contribution in [3.8, 4) is 0 Å². The third-order valence-corrected chi connectivity index (χ3v) is 6.13. The molecule has 2 N–H and O–H groups in total. The molecule has 5 nitrogen and oxygen atoms in total. The van der Waals surface area contributed by atoms with Gasteiger partial charge in [-0.15, -0.1) is 0 Å². The van der Waals surface area contributed by atoms with Crippen LogP contribution in [-0.4, -0.2) is 39.0 Å². The van der Waals surface area contributed by atoms with Crippen LogP contribution < -0.4 is 5.73 Å². The maximum Gasteiger partial charge on any atom is 0.243 e. The zero-order chi connectivity index (χ0) is 15.8. The van der Waals surface area contributed by atoms with Crippen molar-refractivity contribution in [2.24, 2.45) is 0 Å². The van der Waals surface area contributed by atoms with E-state index in [-0.39, 0.29) is 22.3 Å². The van der Waals surface area contributed by atoms with Crippen LogP contribution in [0.4, 0.5) is 10.1 Å². The van der Waals surface area contributed by atoms with Crippen molar-refractivity contribution >= 4 is 15.7 Å². The van der Waals surface area contributed by atoms with Crippen LogP contribution in [0.2, 0.25) is 0 Å². The van der Waals surface area contributed by atoms with Crippen LogP contribution in [-0.2, 0) is 14.8 Å². The van der Waals surface area contributed by atoms with Crippen LogP contribution in [0.5, 0.6) is 0 Å². The van der Waals surface area contributed by atoms with Crippen molar-refractivity contribution in [2.75, 3.05) is 25.9 Å². The number of anilines is 1. The Labute approximate surface area is 124 Å². The molecule has 0 spiro atoms. The van der Waals surface area contributed by atoms with Gasteiger partial charge in [0.05, 0.1) is 16.7 Å². The first kappa shape index (κ1) is 16.2. The van der Waals surface area contributed by atoms with E-state index < -0.39 is 15.8 Å².